The van der Waals surface area contributed by atoms with E-state index in [-0.39, 0.29) is 11.0 Å². The van der Waals surface area contributed by atoms with E-state index in [0.717, 1.165) is 119 Å². The molecule has 3 aromatic rings. The van der Waals surface area contributed by atoms with Crippen molar-refractivity contribution < 1.29 is 9.15 Å². The predicted octanol–water partition coefficient (Wildman–Crippen LogP) is 3.10. The number of fused-ring (bicyclic) bond motifs is 3. The van der Waals surface area contributed by atoms with Crippen molar-refractivity contribution in [3.05, 3.63) is 57.3 Å². The zero-order valence-corrected chi connectivity index (χ0v) is 21.2. The second kappa shape index (κ2) is 9.29. The molecule has 9 nitrogen and oxygen atoms in total. The van der Waals surface area contributed by atoms with E-state index in [2.05, 4.69) is 38.3 Å². The number of aromatic amines is 1. The normalized spacial score (nSPS) is 21.0. The van der Waals surface area contributed by atoms with Crippen molar-refractivity contribution in [2.45, 2.75) is 50.5 Å². The predicted molar refractivity (Wildman–Crippen MR) is 141 cm³/mol. The summed E-state index contributed by atoms with van der Waals surface area (Å²) in [4.78, 5) is 30.0. The van der Waals surface area contributed by atoms with Crippen LogP contribution >= 0.6 is 0 Å². The van der Waals surface area contributed by atoms with E-state index in [1.165, 1.54) is 11.3 Å². The first kappa shape index (κ1) is 23.0. The molecule has 2 fully saturated rings. The fourth-order valence-corrected chi connectivity index (χ4v) is 6.48. The van der Waals surface area contributed by atoms with Crippen LogP contribution in [0.5, 0.6) is 0 Å². The molecule has 1 aromatic carbocycles. The molecule has 1 aliphatic carbocycles. The molecule has 0 radical (unpaired) electrons. The fourth-order valence-electron chi connectivity index (χ4n) is 6.48. The standard InChI is InChI=1S/C28H34N6O3/c35-25-21-3-1-2-4-23(21)31-27(32-25)34-9-7-28(8-10-34)18-29-24-15-19(5-6-22(24)28)26-30-20(17-37-26)16-33-11-13-36-14-12-33/h5-6,15,17,29H,1-4,7-14,16,18H2,(H,31,32,35). The van der Waals surface area contributed by atoms with Gasteiger partial charge >= 0.3 is 0 Å². The average Bonchev–Trinajstić information content (AvgIpc) is 3.54. The quantitative estimate of drug-likeness (QED) is 0.562. The van der Waals surface area contributed by atoms with Gasteiger partial charge in [0.25, 0.3) is 5.56 Å². The van der Waals surface area contributed by atoms with E-state index in [0.29, 0.717) is 5.89 Å². The summed E-state index contributed by atoms with van der Waals surface area (Å²) in [6.07, 6.45) is 7.81. The van der Waals surface area contributed by atoms with Crippen LogP contribution in [0, 0.1) is 0 Å². The minimum absolute atomic E-state index is 0.0556. The minimum Gasteiger partial charge on any atom is -0.444 e. The average molecular weight is 503 g/mol. The number of H-pyrrole nitrogens is 1. The summed E-state index contributed by atoms with van der Waals surface area (Å²) in [6.45, 7) is 6.92. The number of nitrogens with one attached hydrogen (secondary N) is 2. The maximum Gasteiger partial charge on any atom is 0.255 e. The highest BCUT2D eigenvalue weighted by Crippen LogP contribution is 2.45. The maximum absolute atomic E-state index is 12.6. The summed E-state index contributed by atoms with van der Waals surface area (Å²) in [7, 11) is 0. The molecule has 0 atom stereocenters. The molecule has 2 saturated heterocycles. The summed E-state index contributed by atoms with van der Waals surface area (Å²) in [5.41, 5.74) is 6.59. The first-order valence-corrected chi connectivity index (χ1v) is 13.7. The summed E-state index contributed by atoms with van der Waals surface area (Å²) in [5, 5.41) is 3.66. The second-order valence-corrected chi connectivity index (χ2v) is 10.9. The molecule has 2 N–H and O–H groups in total. The number of ether oxygens (including phenoxy) is 1. The third kappa shape index (κ3) is 4.24. The molecule has 0 amide bonds. The Bertz CT molecular complexity index is 1350. The summed E-state index contributed by atoms with van der Waals surface area (Å²) >= 11 is 0. The van der Waals surface area contributed by atoms with Crippen molar-refractivity contribution in [2.75, 3.05) is 56.2 Å². The monoisotopic (exact) mass is 502 g/mol. The second-order valence-electron chi connectivity index (χ2n) is 10.9. The van der Waals surface area contributed by atoms with Gasteiger partial charge < -0.3 is 19.4 Å². The van der Waals surface area contributed by atoms with E-state index >= 15 is 0 Å². The molecule has 194 valence electrons. The number of oxazole rings is 1. The highest BCUT2D eigenvalue weighted by Gasteiger charge is 2.42. The Morgan fingerprint density at radius 2 is 1.86 bits per heavy atom. The zero-order valence-electron chi connectivity index (χ0n) is 21.2. The lowest BCUT2D eigenvalue weighted by Gasteiger charge is -2.39. The molecule has 5 heterocycles. The smallest absolute Gasteiger partial charge is 0.255 e. The van der Waals surface area contributed by atoms with Crippen LogP contribution in [0.1, 0.15) is 48.2 Å². The van der Waals surface area contributed by atoms with Crippen molar-refractivity contribution in [3.8, 4) is 11.5 Å². The molecule has 2 aromatic heterocycles. The van der Waals surface area contributed by atoms with Gasteiger partial charge in [-0.15, -0.1) is 0 Å². The molecule has 7 rings (SSSR count). The lowest BCUT2D eigenvalue weighted by atomic mass is 9.74. The molecule has 4 aliphatic rings. The van der Waals surface area contributed by atoms with Crippen LogP contribution in [0.3, 0.4) is 0 Å². The van der Waals surface area contributed by atoms with Crippen molar-refractivity contribution in [3.63, 3.8) is 0 Å². The van der Waals surface area contributed by atoms with Gasteiger partial charge in [0.2, 0.25) is 11.8 Å². The van der Waals surface area contributed by atoms with Crippen LogP contribution in [0.15, 0.2) is 33.7 Å². The van der Waals surface area contributed by atoms with Gasteiger partial charge in [-0.25, -0.2) is 9.97 Å². The number of anilines is 2. The van der Waals surface area contributed by atoms with E-state index in [9.17, 15) is 4.79 Å². The Labute approximate surface area is 216 Å². The van der Waals surface area contributed by atoms with E-state index in [4.69, 9.17) is 19.1 Å². The number of hydrogen-bond acceptors (Lipinski definition) is 8. The van der Waals surface area contributed by atoms with Crippen LogP contribution in [-0.4, -0.2) is 65.8 Å². The number of rotatable bonds is 4. The molecule has 0 saturated carbocycles. The third-order valence-electron chi connectivity index (χ3n) is 8.70. The van der Waals surface area contributed by atoms with Crippen molar-refractivity contribution in [1.82, 2.24) is 19.9 Å². The van der Waals surface area contributed by atoms with Gasteiger partial charge in [-0.3, -0.25) is 14.7 Å². The van der Waals surface area contributed by atoms with Gasteiger partial charge in [0.15, 0.2) is 0 Å². The molecule has 3 aliphatic heterocycles. The Balaban J connectivity index is 1.05. The Morgan fingerprint density at radius 1 is 1.03 bits per heavy atom. The van der Waals surface area contributed by atoms with Crippen LogP contribution < -0.4 is 15.8 Å². The lowest BCUT2D eigenvalue weighted by Crippen LogP contribution is -2.45. The van der Waals surface area contributed by atoms with Crippen molar-refractivity contribution >= 4 is 11.6 Å². The minimum atomic E-state index is 0.0556. The molecule has 9 heteroatoms. The van der Waals surface area contributed by atoms with Gasteiger partial charge in [0.1, 0.15) is 6.26 Å². The SMILES string of the molecule is O=c1[nH]c(N2CCC3(CC2)CNc2cc(-c4nc(CN5CCOCC5)co4)ccc23)nc2c1CCCC2. The maximum atomic E-state index is 12.6. The molecule has 0 bridgehead atoms. The van der Waals surface area contributed by atoms with E-state index < -0.39 is 0 Å². The summed E-state index contributed by atoms with van der Waals surface area (Å²) < 4.78 is 11.3. The van der Waals surface area contributed by atoms with Gasteiger partial charge in [0, 0.05) is 61.5 Å². The van der Waals surface area contributed by atoms with E-state index in [1.54, 1.807) is 6.26 Å². The molecular weight excluding hydrogens is 468 g/mol. The van der Waals surface area contributed by atoms with Gasteiger partial charge in [-0.1, -0.05) is 6.07 Å². The third-order valence-corrected chi connectivity index (χ3v) is 8.70. The first-order valence-electron chi connectivity index (χ1n) is 13.7. The van der Waals surface area contributed by atoms with Gasteiger partial charge in [-0.05, 0) is 56.2 Å². The highest BCUT2D eigenvalue weighted by molar-refractivity contribution is 5.69. The highest BCUT2D eigenvalue weighted by atomic mass is 16.5. The number of morpholine rings is 1. The van der Waals surface area contributed by atoms with Crippen LogP contribution in [-0.2, 0) is 29.5 Å². The Kier molecular flexibility index (Phi) is 5.77. The van der Waals surface area contributed by atoms with E-state index in [1.807, 2.05) is 0 Å². The fraction of sp³-hybridized carbons (Fsp3) is 0.536. The van der Waals surface area contributed by atoms with Crippen LogP contribution in [0.4, 0.5) is 11.6 Å². The molecule has 37 heavy (non-hydrogen) atoms. The lowest BCUT2D eigenvalue weighted by molar-refractivity contribution is 0.0336. The number of hydrogen-bond donors (Lipinski definition) is 2. The Hall–Kier alpha value is -3.17. The van der Waals surface area contributed by atoms with Crippen molar-refractivity contribution in [2.24, 2.45) is 0 Å². The van der Waals surface area contributed by atoms with Crippen LogP contribution in [0.25, 0.3) is 11.5 Å². The van der Waals surface area contributed by atoms with Crippen LogP contribution in [0.2, 0.25) is 0 Å². The first-order chi connectivity index (χ1) is 18.2. The Morgan fingerprint density at radius 3 is 2.73 bits per heavy atom. The van der Waals surface area contributed by atoms with Gasteiger partial charge in [0.05, 0.1) is 24.6 Å². The number of piperidine rings is 1. The van der Waals surface area contributed by atoms with Gasteiger partial charge in [-0.2, -0.15) is 0 Å². The molecule has 1 spiro atoms. The number of aromatic nitrogens is 3. The molecule has 0 unspecified atom stereocenters. The largest absolute Gasteiger partial charge is 0.444 e. The summed E-state index contributed by atoms with van der Waals surface area (Å²) in [5.74, 6) is 1.42. The zero-order chi connectivity index (χ0) is 24.8. The number of benzene rings is 1. The number of nitrogens with zero attached hydrogens (tertiary/aromatic N) is 4. The topological polar surface area (TPSA) is 99.5 Å². The summed E-state index contributed by atoms with van der Waals surface area (Å²) in [6, 6.07) is 6.58. The molecular formula is C28H34N6O3. The van der Waals surface area contributed by atoms with Crippen molar-refractivity contribution in [1.29, 1.82) is 0 Å². The number of aryl methyl sites for hydroxylation is 1.